The van der Waals surface area contributed by atoms with Crippen LogP contribution in [-0.2, 0) is 0 Å². The summed E-state index contributed by atoms with van der Waals surface area (Å²) in [5, 5.41) is 0. The van der Waals surface area contributed by atoms with Gasteiger partial charge in [0.15, 0.2) is 0 Å². The van der Waals surface area contributed by atoms with Crippen LogP contribution in [0.1, 0.15) is 0 Å². The van der Waals surface area contributed by atoms with E-state index in [1.54, 1.807) is 0 Å². The lowest BCUT2D eigenvalue weighted by molar-refractivity contribution is 1.54. The molecule has 0 aliphatic heterocycles. The lowest BCUT2D eigenvalue weighted by atomic mass is 9.95. The first-order chi connectivity index (χ1) is 5.75. The van der Waals surface area contributed by atoms with Gasteiger partial charge in [-0.2, -0.15) is 0 Å². The van der Waals surface area contributed by atoms with Gasteiger partial charge in [0.05, 0.1) is 0 Å². The van der Waals surface area contributed by atoms with E-state index in [0.717, 1.165) is 20.9 Å². The number of hydrogen-bond acceptors (Lipinski definition) is 2. The summed E-state index contributed by atoms with van der Waals surface area (Å²) in [7, 11) is 0. The van der Waals surface area contributed by atoms with Gasteiger partial charge >= 0.3 is 0 Å². The van der Waals surface area contributed by atoms with Crippen molar-refractivity contribution in [2.24, 2.45) is 0 Å². The third-order valence-electron chi connectivity index (χ3n) is 1.78. The second-order valence-corrected chi connectivity index (χ2v) is 3.61. The maximum Gasteiger partial charge on any atom is 0.0383 e. The Morgan fingerprint density at radius 1 is 0.667 bits per heavy atom. The highest BCUT2D eigenvalue weighted by molar-refractivity contribution is 7.81. The van der Waals surface area contributed by atoms with E-state index in [1.807, 2.05) is 36.5 Å². The van der Waals surface area contributed by atoms with E-state index in [2.05, 4.69) is 0 Å². The van der Waals surface area contributed by atoms with Gasteiger partial charge in [0.25, 0.3) is 0 Å². The fourth-order valence-corrected chi connectivity index (χ4v) is 1.59. The third kappa shape index (κ3) is 1.36. The molecule has 0 saturated heterocycles. The molecule has 0 nitrogen and oxygen atoms in total. The molecule has 0 unspecified atom stereocenters. The second-order valence-electron chi connectivity index (χ2n) is 2.67. The quantitative estimate of drug-likeness (QED) is 0.539. The van der Waals surface area contributed by atoms with Crippen molar-refractivity contribution >= 4 is 34.2 Å². The molecule has 2 rings (SSSR count). The van der Waals surface area contributed by atoms with Crippen molar-refractivity contribution in [3.63, 3.8) is 0 Å². The van der Waals surface area contributed by atoms with Crippen LogP contribution >= 0.6 is 24.4 Å². The molecule has 2 aliphatic carbocycles. The Kier molecular flexibility index (Phi) is 1.87. The van der Waals surface area contributed by atoms with Crippen LogP contribution in [0.25, 0.3) is 0 Å². The zero-order valence-electron chi connectivity index (χ0n) is 6.28. The first kappa shape index (κ1) is 7.77. The van der Waals surface area contributed by atoms with Crippen molar-refractivity contribution in [3.05, 3.63) is 47.6 Å². The van der Waals surface area contributed by atoms with E-state index in [4.69, 9.17) is 24.4 Å². The summed E-state index contributed by atoms with van der Waals surface area (Å²) in [6, 6.07) is 0. The van der Waals surface area contributed by atoms with Gasteiger partial charge in [-0.25, -0.2) is 0 Å². The molecule has 58 valence electrons. The average molecular weight is 190 g/mol. The maximum absolute atomic E-state index is 5.05. The predicted molar refractivity (Wildman–Crippen MR) is 59.6 cm³/mol. The van der Waals surface area contributed by atoms with Gasteiger partial charge < -0.3 is 0 Å². The standard InChI is InChI=1S/C10H6S2/c11-9-3-1-7-5-10(12)4-2-8(7)6-9/h1-6H. The Morgan fingerprint density at radius 2 is 1.08 bits per heavy atom. The highest BCUT2D eigenvalue weighted by atomic mass is 32.1. The van der Waals surface area contributed by atoms with Crippen LogP contribution in [0.3, 0.4) is 0 Å². The molecule has 2 aliphatic rings. The van der Waals surface area contributed by atoms with Gasteiger partial charge in [-0.1, -0.05) is 36.6 Å². The topological polar surface area (TPSA) is 0 Å². The number of fused-ring (bicyclic) bond motifs is 1. The minimum Gasteiger partial charge on any atom is -0.0801 e. The Hall–Kier alpha value is -0.860. The molecule has 0 bridgehead atoms. The van der Waals surface area contributed by atoms with Gasteiger partial charge in [-0.3, -0.25) is 0 Å². The van der Waals surface area contributed by atoms with Crippen LogP contribution < -0.4 is 0 Å². The van der Waals surface area contributed by atoms with E-state index >= 15 is 0 Å². The highest BCUT2D eigenvalue weighted by Crippen LogP contribution is 2.21. The third-order valence-corrected chi connectivity index (χ3v) is 2.29. The van der Waals surface area contributed by atoms with E-state index in [0.29, 0.717) is 0 Å². The smallest absolute Gasteiger partial charge is 0.0383 e. The summed E-state index contributed by atoms with van der Waals surface area (Å²) in [4.78, 5) is 1.75. The zero-order valence-corrected chi connectivity index (χ0v) is 7.91. The Bertz CT molecular complexity index is 341. The molecular formula is C10H6S2. The number of rotatable bonds is 0. The molecule has 0 saturated carbocycles. The Balaban J connectivity index is 2.48. The van der Waals surface area contributed by atoms with Crippen LogP contribution in [0.15, 0.2) is 47.6 Å². The van der Waals surface area contributed by atoms with Crippen LogP contribution in [0, 0.1) is 0 Å². The summed E-state index contributed by atoms with van der Waals surface area (Å²) in [6.07, 6.45) is 11.8. The zero-order chi connectivity index (χ0) is 8.55. The molecule has 0 aromatic rings. The van der Waals surface area contributed by atoms with E-state index < -0.39 is 0 Å². The molecule has 0 amide bonds. The Morgan fingerprint density at radius 3 is 1.50 bits per heavy atom. The monoisotopic (exact) mass is 190 g/mol. The number of thiocarbonyl (C=S) groups is 2. The summed E-state index contributed by atoms with van der Waals surface area (Å²) >= 11 is 10.1. The molecule has 12 heavy (non-hydrogen) atoms. The maximum atomic E-state index is 5.05. The molecule has 0 heterocycles. The first-order valence-electron chi connectivity index (χ1n) is 3.63. The van der Waals surface area contributed by atoms with E-state index in [1.165, 1.54) is 0 Å². The second kappa shape index (κ2) is 2.88. The Labute approximate surface area is 82.0 Å². The van der Waals surface area contributed by atoms with Gasteiger partial charge in [-0.15, -0.1) is 0 Å². The summed E-state index contributed by atoms with van der Waals surface area (Å²) < 4.78 is 0. The fourth-order valence-electron chi connectivity index (χ4n) is 1.20. The molecule has 0 aromatic carbocycles. The van der Waals surface area contributed by atoms with Crippen LogP contribution in [0.4, 0.5) is 0 Å². The fraction of sp³-hybridized carbons (Fsp3) is 0. The molecule has 0 fully saturated rings. The largest absolute Gasteiger partial charge is 0.0801 e. The van der Waals surface area contributed by atoms with Crippen LogP contribution in [0.2, 0.25) is 0 Å². The van der Waals surface area contributed by atoms with Gasteiger partial charge in [0, 0.05) is 9.73 Å². The van der Waals surface area contributed by atoms with Crippen LogP contribution in [-0.4, -0.2) is 9.73 Å². The normalized spacial score (nSPS) is 20.3. The van der Waals surface area contributed by atoms with Crippen molar-refractivity contribution in [1.82, 2.24) is 0 Å². The number of hydrogen-bond donors (Lipinski definition) is 0. The molecule has 0 radical (unpaired) electrons. The van der Waals surface area contributed by atoms with Crippen molar-refractivity contribution in [3.8, 4) is 0 Å². The van der Waals surface area contributed by atoms with Gasteiger partial charge in [0.2, 0.25) is 0 Å². The minimum absolute atomic E-state index is 0.875. The molecule has 0 spiro atoms. The van der Waals surface area contributed by atoms with E-state index in [9.17, 15) is 0 Å². The molecule has 0 N–H and O–H groups in total. The molecule has 0 aromatic heterocycles. The SMILES string of the molecule is S=C1C=CC2=CC(=S)C=CC2=C1. The lowest BCUT2D eigenvalue weighted by Gasteiger charge is -2.12. The minimum atomic E-state index is 0.875. The van der Waals surface area contributed by atoms with Gasteiger partial charge in [-0.05, 0) is 35.5 Å². The molecule has 0 atom stereocenters. The van der Waals surface area contributed by atoms with E-state index in [-0.39, 0.29) is 0 Å². The average Bonchev–Trinajstić information content (AvgIpc) is 2.05. The summed E-state index contributed by atoms with van der Waals surface area (Å²) in [6.45, 7) is 0. The predicted octanol–water partition coefficient (Wildman–Crippen LogP) is 2.72. The van der Waals surface area contributed by atoms with Crippen LogP contribution in [0.5, 0.6) is 0 Å². The van der Waals surface area contributed by atoms with Crippen molar-refractivity contribution < 1.29 is 0 Å². The number of allylic oxidation sites excluding steroid dienone is 8. The van der Waals surface area contributed by atoms with Crippen molar-refractivity contribution in [1.29, 1.82) is 0 Å². The van der Waals surface area contributed by atoms with Crippen molar-refractivity contribution in [2.45, 2.75) is 0 Å². The first-order valence-corrected chi connectivity index (χ1v) is 4.45. The molecule has 2 heteroatoms. The molecular weight excluding hydrogens is 184 g/mol. The van der Waals surface area contributed by atoms with Gasteiger partial charge in [0.1, 0.15) is 0 Å². The highest BCUT2D eigenvalue weighted by Gasteiger charge is 2.08. The summed E-state index contributed by atoms with van der Waals surface area (Å²) in [5.74, 6) is 0. The summed E-state index contributed by atoms with van der Waals surface area (Å²) in [5.41, 5.74) is 2.33. The van der Waals surface area contributed by atoms with Crippen molar-refractivity contribution in [2.75, 3.05) is 0 Å². The lowest BCUT2D eigenvalue weighted by Crippen LogP contribution is -2.01.